The summed E-state index contributed by atoms with van der Waals surface area (Å²) in [5.41, 5.74) is 0.980. The largest absolute Gasteiger partial charge is 0.321 e. The highest BCUT2D eigenvalue weighted by Crippen LogP contribution is 2.20. The Morgan fingerprint density at radius 1 is 1.24 bits per heavy atom. The summed E-state index contributed by atoms with van der Waals surface area (Å²) in [7, 11) is 0. The molecule has 0 fully saturated rings. The van der Waals surface area contributed by atoms with Crippen molar-refractivity contribution in [2.45, 2.75) is 13.0 Å². The number of nitriles is 1. The second-order valence-electron chi connectivity index (χ2n) is 3.58. The van der Waals surface area contributed by atoms with E-state index in [2.05, 4.69) is 11.1 Å². The highest BCUT2D eigenvalue weighted by Gasteiger charge is 2.05. The van der Waals surface area contributed by atoms with Crippen LogP contribution in [0.1, 0.15) is 11.4 Å². The molecule has 2 aromatic rings. The molecular formula is C12H9Cl2N3. The third kappa shape index (κ3) is 3.00. The lowest BCUT2D eigenvalue weighted by Crippen LogP contribution is -2.02. The Morgan fingerprint density at radius 2 is 1.94 bits per heavy atom. The third-order valence-corrected chi connectivity index (χ3v) is 2.76. The predicted molar refractivity (Wildman–Crippen MR) is 67.1 cm³/mol. The van der Waals surface area contributed by atoms with Crippen LogP contribution in [0, 0.1) is 11.3 Å². The Hall–Kier alpha value is -1.50. The van der Waals surface area contributed by atoms with E-state index in [4.69, 9.17) is 28.5 Å². The molecule has 0 saturated heterocycles. The predicted octanol–water partition coefficient (Wildman–Crippen LogP) is 3.30. The molecule has 0 aliphatic heterocycles. The zero-order valence-corrected chi connectivity index (χ0v) is 10.4. The van der Waals surface area contributed by atoms with Crippen LogP contribution < -0.4 is 0 Å². The Bertz CT molecular complexity index is 549. The van der Waals surface area contributed by atoms with Crippen LogP contribution in [0.15, 0.2) is 30.6 Å². The second-order valence-corrected chi connectivity index (χ2v) is 4.46. The van der Waals surface area contributed by atoms with Crippen molar-refractivity contribution in [1.82, 2.24) is 9.55 Å². The summed E-state index contributed by atoms with van der Waals surface area (Å²) in [4.78, 5) is 4.22. The number of halogens is 2. The summed E-state index contributed by atoms with van der Waals surface area (Å²) in [5.74, 6) is 0.824. The van der Waals surface area contributed by atoms with Gasteiger partial charge in [-0.25, -0.2) is 4.98 Å². The molecule has 0 amide bonds. The maximum Gasteiger partial charge on any atom is 0.113 e. The molecule has 0 aliphatic rings. The Labute approximate surface area is 109 Å². The van der Waals surface area contributed by atoms with Crippen LogP contribution in [0.2, 0.25) is 10.0 Å². The van der Waals surface area contributed by atoms with Crippen molar-refractivity contribution in [2.24, 2.45) is 0 Å². The highest BCUT2D eigenvalue weighted by molar-refractivity contribution is 6.34. The normalized spacial score (nSPS) is 10.2. The van der Waals surface area contributed by atoms with Crippen molar-refractivity contribution in [2.75, 3.05) is 0 Å². The van der Waals surface area contributed by atoms with E-state index in [-0.39, 0.29) is 0 Å². The number of benzene rings is 1. The number of hydrogen-bond acceptors (Lipinski definition) is 2. The molecule has 0 radical (unpaired) electrons. The maximum atomic E-state index is 8.68. The Morgan fingerprint density at radius 3 is 2.59 bits per heavy atom. The summed E-state index contributed by atoms with van der Waals surface area (Å²) in [5, 5.41) is 9.88. The fourth-order valence-electron chi connectivity index (χ4n) is 1.62. The molecule has 0 saturated carbocycles. The topological polar surface area (TPSA) is 41.6 Å². The van der Waals surface area contributed by atoms with E-state index in [1.54, 1.807) is 23.0 Å². The van der Waals surface area contributed by atoms with Crippen LogP contribution in [0.25, 0.3) is 0 Å². The second kappa shape index (κ2) is 5.22. The summed E-state index contributed by atoms with van der Waals surface area (Å²) in [6.45, 7) is 0.295. The number of aromatic nitrogens is 2. The van der Waals surface area contributed by atoms with E-state index in [0.29, 0.717) is 23.0 Å². The molecule has 17 heavy (non-hydrogen) atoms. The first kappa shape index (κ1) is 12.0. The van der Waals surface area contributed by atoms with E-state index < -0.39 is 0 Å². The van der Waals surface area contributed by atoms with Gasteiger partial charge in [0.2, 0.25) is 0 Å². The summed E-state index contributed by atoms with van der Waals surface area (Å²) >= 11 is 11.9. The van der Waals surface area contributed by atoms with Gasteiger partial charge in [-0.15, -0.1) is 0 Å². The molecule has 1 heterocycles. The van der Waals surface area contributed by atoms with Crippen molar-refractivity contribution in [3.05, 3.63) is 52.0 Å². The Balaban J connectivity index is 2.25. The third-order valence-electron chi connectivity index (χ3n) is 2.33. The first-order valence-electron chi connectivity index (χ1n) is 5.01. The summed E-state index contributed by atoms with van der Waals surface area (Å²) < 4.78 is 1.80. The standard InChI is InChI=1S/C12H9Cl2N3/c13-10-5-9(6-11(14)8-10)7-12-16-2-4-17(12)3-1-15/h2,4-6,8H,3,7H2. The van der Waals surface area contributed by atoms with Crippen molar-refractivity contribution < 1.29 is 0 Å². The molecule has 1 aromatic heterocycles. The van der Waals surface area contributed by atoms with Gasteiger partial charge in [-0.3, -0.25) is 0 Å². The van der Waals surface area contributed by atoms with E-state index in [0.717, 1.165) is 11.4 Å². The molecule has 0 N–H and O–H groups in total. The molecule has 5 heteroatoms. The monoisotopic (exact) mass is 265 g/mol. The van der Waals surface area contributed by atoms with Gasteiger partial charge in [0.25, 0.3) is 0 Å². The van der Waals surface area contributed by atoms with Gasteiger partial charge in [-0.2, -0.15) is 5.26 Å². The fourth-order valence-corrected chi connectivity index (χ4v) is 2.19. The van der Waals surface area contributed by atoms with Crippen molar-refractivity contribution in [1.29, 1.82) is 5.26 Å². The quantitative estimate of drug-likeness (QED) is 0.855. The average molecular weight is 266 g/mol. The minimum absolute atomic E-state index is 0.295. The minimum Gasteiger partial charge on any atom is -0.321 e. The van der Waals surface area contributed by atoms with Gasteiger partial charge in [-0.05, 0) is 23.8 Å². The first-order chi connectivity index (χ1) is 8.19. The molecule has 2 rings (SSSR count). The average Bonchev–Trinajstić information content (AvgIpc) is 2.65. The lowest BCUT2D eigenvalue weighted by atomic mass is 10.1. The number of nitrogens with zero attached hydrogens (tertiary/aromatic N) is 3. The van der Waals surface area contributed by atoms with Gasteiger partial charge >= 0.3 is 0 Å². The summed E-state index contributed by atoms with van der Waals surface area (Å²) in [6.07, 6.45) is 4.07. The van der Waals surface area contributed by atoms with Gasteiger partial charge in [-0.1, -0.05) is 23.2 Å². The van der Waals surface area contributed by atoms with Gasteiger partial charge in [0.1, 0.15) is 12.4 Å². The van der Waals surface area contributed by atoms with Gasteiger partial charge in [0.15, 0.2) is 0 Å². The molecule has 3 nitrogen and oxygen atoms in total. The lowest BCUT2D eigenvalue weighted by Gasteiger charge is -2.05. The van der Waals surface area contributed by atoms with Crippen molar-refractivity contribution in [3.8, 4) is 6.07 Å². The van der Waals surface area contributed by atoms with E-state index >= 15 is 0 Å². The SMILES string of the molecule is N#CCn1ccnc1Cc1cc(Cl)cc(Cl)c1. The molecule has 0 bridgehead atoms. The zero-order valence-electron chi connectivity index (χ0n) is 8.90. The van der Waals surface area contributed by atoms with Crippen LogP contribution in [0.4, 0.5) is 0 Å². The minimum atomic E-state index is 0.295. The fraction of sp³-hybridized carbons (Fsp3) is 0.167. The number of imidazole rings is 1. The molecule has 0 atom stereocenters. The van der Waals surface area contributed by atoms with Crippen LogP contribution in [0.3, 0.4) is 0 Å². The Kier molecular flexibility index (Phi) is 3.68. The molecule has 0 unspecified atom stereocenters. The van der Waals surface area contributed by atoms with Gasteiger partial charge in [0, 0.05) is 28.9 Å². The van der Waals surface area contributed by atoms with Gasteiger partial charge < -0.3 is 4.57 Å². The smallest absolute Gasteiger partial charge is 0.113 e. The highest BCUT2D eigenvalue weighted by atomic mass is 35.5. The molecule has 1 aromatic carbocycles. The zero-order chi connectivity index (χ0) is 12.3. The number of hydrogen-bond donors (Lipinski definition) is 0. The van der Waals surface area contributed by atoms with E-state index in [1.165, 1.54) is 0 Å². The molecule has 0 spiro atoms. The summed E-state index contributed by atoms with van der Waals surface area (Å²) in [6, 6.07) is 7.47. The lowest BCUT2D eigenvalue weighted by molar-refractivity contribution is 0.765. The van der Waals surface area contributed by atoms with Crippen LogP contribution in [0.5, 0.6) is 0 Å². The van der Waals surface area contributed by atoms with Crippen LogP contribution >= 0.6 is 23.2 Å². The van der Waals surface area contributed by atoms with Crippen molar-refractivity contribution in [3.63, 3.8) is 0 Å². The van der Waals surface area contributed by atoms with Crippen molar-refractivity contribution >= 4 is 23.2 Å². The van der Waals surface area contributed by atoms with Crippen LogP contribution in [-0.4, -0.2) is 9.55 Å². The number of rotatable bonds is 3. The van der Waals surface area contributed by atoms with Crippen LogP contribution in [-0.2, 0) is 13.0 Å². The van der Waals surface area contributed by atoms with Gasteiger partial charge in [0.05, 0.1) is 6.07 Å². The molecular weight excluding hydrogens is 257 g/mol. The molecule has 0 aliphatic carbocycles. The molecule has 86 valence electrons. The maximum absolute atomic E-state index is 8.68. The van der Waals surface area contributed by atoms with E-state index in [1.807, 2.05) is 12.1 Å². The first-order valence-corrected chi connectivity index (χ1v) is 5.76. The van der Waals surface area contributed by atoms with E-state index in [9.17, 15) is 0 Å².